The van der Waals surface area contributed by atoms with Crippen molar-refractivity contribution in [3.05, 3.63) is 30.1 Å². The Kier molecular flexibility index (Phi) is 4.54. The molecule has 2 atom stereocenters. The third kappa shape index (κ3) is 3.99. The Morgan fingerprint density at radius 1 is 1.42 bits per heavy atom. The van der Waals surface area contributed by atoms with Crippen LogP contribution in [0.25, 0.3) is 0 Å². The first-order valence-electron chi connectivity index (χ1n) is 6.54. The molecule has 1 aliphatic heterocycles. The fourth-order valence-electron chi connectivity index (χ4n) is 2.46. The molecule has 0 aromatic carbocycles. The van der Waals surface area contributed by atoms with Gasteiger partial charge in [-0.1, -0.05) is 6.92 Å². The highest BCUT2D eigenvalue weighted by molar-refractivity contribution is 7.88. The summed E-state index contributed by atoms with van der Waals surface area (Å²) in [6.45, 7) is 4.11. The van der Waals surface area contributed by atoms with Gasteiger partial charge in [-0.2, -0.15) is 0 Å². The molecule has 1 aliphatic rings. The molecule has 0 unspecified atom stereocenters. The van der Waals surface area contributed by atoms with E-state index in [1.54, 1.807) is 16.7 Å². The maximum absolute atomic E-state index is 11.5. The molecule has 1 aromatic rings. The fourth-order valence-corrected chi connectivity index (χ4v) is 3.40. The van der Waals surface area contributed by atoms with Crippen LogP contribution in [0.2, 0.25) is 0 Å². The lowest BCUT2D eigenvalue weighted by atomic mass is 9.95. The SMILES string of the molecule is C[C@H]1CN(S(C)(=O)=O)CC[C@H]1NCc1ccncc1. The van der Waals surface area contributed by atoms with Gasteiger partial charge in [0.2, 0.25) is 10.0 Å². The van der Waals surface area contributed by atoms with Crippen LogP contribution in [0.15, 0.2) is 24.5 Å². The van der Waals surface area contributed by atoms with Crippen LogP contribution in [-0.2, 0) is 16.6 Å². The Morgan fingerprint density at radius 2 is 2.11 bits per heavy atom. The van der Waals surface area contributed by atoms with Gasteiger partial charge in [-0.25, -0.2) is 12.7 Å². The quantitative estimate of drug-likeness (QED) is 0.889. The van der Waals surface area contributed by atoms with E-state index in [1.165, 1.54) is 11.8 Å². The second-order valence-corrected chi connectivity index (χ2v) is 7.21. The van der Waals surface area contributed by atoms with Gasteiger partial charge in [-0.05, 0) is 30.0 Å². The molecule has 5 nitrogen and oxygen atoms in total. The summed E-state index contributed by atoms with van der Waals surface area (Å²) in [7, 11) is -3.05. The monoisotopic (exact) mass is 283 g/mol. The van der Waals surface area contributed by atoms with Gasteiger partial charge in [-0.3, -0.25) is 4.98 Å². The average molecular weight is 283 g/mol. The minimum Gasteiger partial charge on any atom is -0.310 e. The third-order valence-corrected chi connectivity index (χ3v) is 4.92. The van der Waals surface area contributed by atoms with E-state index in [0.29, 0.717) is 25.0 Å². The molecule has 0 radical (unpaired) electrons. The normalized spacial score (nSPS) is 25.4. The van der Waals surface area contributed by atoms with Crippen LogP contribution in [0, 0.1) is 5.92 Å². The first-order valence-corrected chi connectivity index (χ1v) is 8.39. The molecule has 1 fully saturated rings. The molecule has 1 saturated heterocycles. The van der Waals surface area contributed by atoms with Crippen molar-refractivity contribution in [2.75, 3.05) is 19.3 Å². The van der Waals surface area contributed by atoms with Gasteiger partial charge in [-0.15, -0.1) is 0 Å². The van der Waals surface area contributed by atoms with E-state index in [1.807, 2.05) is 12.1 Å². The van der Waals surface area contributed by atoms with Crippen molar-refractivity contribution in [2.45, 2.75) is 25.9 Å². The Balaban J connectivity index is 1.87. The molecule has 1 N–H and O–H groups in total. The van der Waals surface area contributed by atoms with Gasteiger partial charge in [0.25, 0.3) is 0 Å². The zero-order valence-corrected chi connectivity index (χ0v) is 12.2. The van der Waals surface area contributed by atoms with Crippen molar-refractivity contribution in [3.63, 3.8) is 0 Å². The van der Waals surface area contributed by atoms with Crippen LogP contribution in [0.1, 0.15) is 18.9 Å². The van der Waals surface area contributed by atoms with Gasteiger partial charge in [0.15, 0.2) is 0 Å². The van der Waals surface area contributed by atoms with Crippen molar-refractivity contribution in [3.8, 4) is 0 Å². The highest BCUT2D eigenvalue weighted by atomic mass is 32.2. The van der Waals surface area contributed by atoms with Crippen LogP contribution in [0.5, 0.6) is 0 Å². The molecule has 0 amide bonds. The van der Waals surface area contributed by atoms with E-state index in [-0.39, 0.29) is 0 Å². The summed E-state index contributed by atoms with van der Waals surface area (Å²) in [6.07, 6.45) is 5.71. The lowest BCUT2D eigenvalue weighted by Gasteiger charge is -2.36. The summed E-state index contributed by atoms with van der Waals surface area (Å²) in [5.74, 6) is 0.324. The Morgan fingerprint density at radius 3 is 2.68 bits per heavy atom. The standard InChI is InChI=1S/C13H21N3O2S/c1-11-10-16(19(2,17)18)8-5-13(11)15-9-12-3-6-14-7-4-12/h3-4,6-7,11,13,15H,5,8-10H2,1-2H3/t11-,13+/m0/s1. The summed E-state index contributed by atoms with van der Waals surface area (Å²) in [5.41, 5.74) is 1.20. The van der Waals surface area contributed by atoms with Crippen molar-refractivity contribution in [1.82, 2.24) is 14.6 Å². The van der Waals surface area contributed by atoms with Crippen molar-refractivity contribution < 1.29 is 8.42 Å². The lowest BCUT2D eigenvalue weighted by Crippen LogP contribution is -2.49. The molecule has 0 saturated carbocycles. The maximum atomic E-state index is 11.5. The number of sulfonamides is 1. The smallest absolute Gasteiger partial charge is 0.211 e. The number of pyridine rings is 1. The largest absolute Gasteiger partial charge is 0.310 e. The molecule has 0 aliphatic carbocycles. The number of hydrogen-bond acceptors (Lipinski definition) is 4. The summed E-state index contributed by atoms with van der Waals surface area (Å²) in [6, 6.07) is 4.35. The summed E-state index contributed by atoms with van der Waals surface area (Å²) < 4.78 is 24.6. The minimum absolute atomic E-state index is 0.324. The van der Waals surface area contributed by atoms with E-state index in [0.717, 1.165) is 13.0 Å². The van der Waals surface area contributed by atoms with Crippen LogP contribution >= 0.6 is 0 Å². The van der Waals surface area contributed by atoms with Gasteiger partial charge < -0.3 is 5.32 Å². The maximum Gasteiger partial charge on any atom is 0.211 e. The van der Waals surface area contributed by atoms with E-state index in [4.69, 9.17) is 0 Å². The molecule has 2 heterocycles. The molecule has 6 heteroatoms. The molecule has 106 valence electrons. The first kappa shape index (κ1) is 14.4. The van der Waals surface area contributed by atoms with Crippen LogP contribution in [0.4, 0.5) is 0 Å². The van der Waals surface area contributed by atoms with Crippen molar-refractivity contribution in [1.29, 1.82) is 0 Å². The molecular weight excluding hydrogens is 262 g/mol. The van der Waals surface area contributed by atoms with Gasteiger partial charge in [0, 0.05) is 38.1 Å². The second kappa shape index (κ2) is 5.98. The molecule has 2 rings (SSSR count). The Hall–Kier alpha value is -0.980. The third-order valence-electron chi connectivity index (χ3n) is 3.65. The highest BCUT2D eigenvalue weighted by Crippen LogP contribution is 2.19. The summed E-state index contributed by atoms with van der Waals surface area (Å²) >= 11 is 0. The number of piperidine rings is 1. The van der Waals surface area contributed by atoms with E-state index < -0.39 is 10.0 Å². The predicted molar refractivity (Wildman–Crippen MR) is 75.1 cm³/mol. The topological polar surface area (TPSA) is 62.3 Å². The van der Waals surface area contributed by atoms with Crippen LogP contribution < -0.4 is 5.32 Å². The molecule has 0 bridgehead atoms. The minimum atomic E-state index is -3.05. The van der Waals surface area contributed by atoms with Crippen LogP contribution in [0.3, 0.4) is 0 Å². The first-order chi connectivity index (χ1) is 8.97. The second-order valence-electron chi connectivity index (χ2n) is 5.23. The average Bonchev–Trinajstić information content (AvgIpc) is 2.37. The molecule has 19 heavy (non-hydrogen) atoms. The predicted octanol–water partition coefficient (Wildman–Crippen LogP) is 0.841. The Bertz CT molecular complexity index is 504. The number of hydrogen-bond donors (Lipinski definition) is 1. The summed E-state index contributed by atoms with van der Waals surface area (Å²) in [4.78, 5) is 3.99. The van der Waals surface area contributed by atoms with E-state index in [9.17, 15) is 8.42 Å². The van der Waals surface area contributed by atoms with Gasteiger partial charge in [0.1, 0.15) is 0 Å². The molecule has 1 aromatic heterocycles. The fraction of sp³-hybridized carbons (Fsp3) is 0.615. The Labute approximate surface area is 115 Å². The van der Waals surface area contributed by atoms with Crippen molar-refractivity contribution in [2.24, 2.45) is 5.92 Å². The molecule has 0 spiro atoms. The number of nitrogens with zero attached hydrogens (tertiary/aromatic N) is 2. The molecular formula is C13H21N3O2S. The summed E-state index contributed by atoms with van der Waals surface area (Å²) in [5, 5.41) is 3.51. The van der Waals surface area contributed by atoms with Crippen molar-refractivity contribution >= 4 is 10.0 Å². The zero-order chi connectivity index (χ0) is 13.9. The number of rotatable bonds is 4. The number of aromatic nitrogens is 1. The van der Waals surface area contributed by atoms with E-state index in [2.05, 4.69) is 17.2 Å². The lowest BCUT2D eigenvalue weighted by molar-refractivity contribution is 0.220. The highest BCUT2D eigenvalue weighted by Gasteiger charge is 2.29. The van der Waals surface area contributed by atoms with Gasteiger partial charge >= 0.3 is 0 Å². The number of nitrogens with one attached hydrogen (secondary N) is 1. The zero-order valence-electron chi connectivity index (χ0n) is 11.4. The van der Waals surface area contributed by atoms with Crippen LogP contribution in [-0.4, -0.2) is 43.1 Å². The van der Waals surface area contributed by atoms with Gasteiger partial charge in [0.05, 0.1) is 6.26 Å². The van der Waals surface area contributed by atoms with E-state index >= 15 is 0 Å².